The highest BCUT2D eigenvalue weighted by molar-refractivity contribution is 9.09. The first-order valence-electron chi connectivity index (χ1n) is 5.72. The summed E-state index contributed by atoms with van der Waals surface area (Å²) >= 11 is 3.68. The molecule has 90 valence electrons. The van der Waals surface area contributed by atoms with E-state index in [1.54, 1.807) is 0 Å². The van der Waals surface area contributed by atoms with Crippen molar-refractivity contribution in [3.63, 3.8) is 0 Å². The molecule has 3 rings (SSSR count). The number of H-pyrrole nitrogens is 2. The van der Waals surface area contributed by atoms with Gasteiger partial charge in [-0.1, -0.05) is 22.0 Å². The largest absolute Gasteiger partial charge is 0.377 e. The molecule has 1 fully saturated rings. The van der Waals surface area contributed by atoms with Gasteiger partial charge in [0.15, 0.2) is 0 Å². The molecule has 4 nitrogen and oxygen atoms in total. The van der Waals surface area contributed by atoms with Gasteiger partial charge in [-0.15, -0.1) is 0 Å². The van der Waals surface area contributed by atoms with Gasteiger partial charge in [-0.2, -0.15) is 0 Å². The lowest BCUT2D eigenvalue weighted by Crippen LogP contribution is -2.12. The minimum absolute atomic E-state index is 0.166. The number of rotatable bonds is 2. The standard InChI is InChI=1S/C12H13BrN2O2/c13-11(10-2-1-5-17-10)7-3-4-8-9(6-7)15-12(16)14-8/h3-4,6,10-11H,1-2,5H2,(H2,14,15,16). The minimum atomic E-state index is -0.166. The fraction of sp³-hybridized carbons (Fsp3) is 0.417. The van der Waals surface area contributed by atoms with Crippen molar-refractivity contribution in [1.29, 1.82) is 0 Å². The Morgan fingerprint density at radius 2 is 2.18 bits per heavy atom. The number of ether oxygens (including phenoxy) is 1. The predicted molar refractivity (Wildman–Crippen MR) is 69.6 cm³/mol. The number of alkyl halides is 1. The molecular weight excluding hydrogens is 284 g/mol. The van der Waals surface area contributed by atoms with Crippen LogP contribution in [0.3, 0.4) is 0 Å². The van der Waals surface area contributed by atoms with Crippen molar-refractivity contribution < 1.29 is 4.74 Å². The van der Waals surface area contributed by atoms with Gasteiger partial charge >= 0.3 is 5.69 Å². The van der Waals surface area contributed by atoms with Gasteiger partial charge in [0.05, 0.1) is 22.0 Å². The van der Waals surface area contributed by atoms with E-state index in [-0.39, 0.29) is 16.6 Å². The molecule has 0 bridgehead atoms. The van der Waals surface area contributed by atoms with Gasteiger partial charge in [0.25, 0.3) is 0 Å². The lowest BCUT2D eigenvalue weighted by Gasteiger charge is -2.17. The van der Waals surface area contributed by atoms with E-state index in [2.05, 4.69) is 25.9 Å². The predicted octanol–water partition coefficient (Wildman–Crippen LogP) is 2.47. The van der Waals surface area contributed by atoms with Crippen molar-refractivity contribution in [3.05, 3.63) is 34.2 Å². The number of hydrogen-bond donors (Lipinski definition) is 2. The number of aromatic nitrogens is 2. The van der Waals surface area contributed by atoms with E-state index in [4.69, 9.17) is 4.74 Å². The van der Waals surface area contributed by atoms with Crippen LogP contribution in [0.15, 0.2) is 23.0 Å². The molecule has 0 amide bonds. The molecule has 1 aliphatic rings. The molecule has 1 aliphatic heterocycles. The normalized spacial score (nSPS) is 22.1. The molecule has 2 heterocycles. The third-order valence-corrected chi connectivity index (χ3v) is 4.27. The van der Waals surface area contributed by atoms with Crippen LogP contribution in [0.5, 0.6) is 0 Å². The first kappa shape index (κ1) is 11.0. The summed E-state index contributed by atoms with van der Waals surface area (Å²) in [6.07, 6.45) is 2.44. The van der Waals surface area contributed by atoms with Crippen molar-refractivity contribution in [2.45, 2.75) is 23.8 Å². The fourth-order valence-electron chi connectivity index (χ4n) is 2.27. The summed E-state index contributed by atoms with van der Waals surface area (Å²) in [6, 6.07) is 5.94. The summed E-state index contributed by atoms with van der Waals surface area (Å²) in [5.74, 6) is 0. The Hall–Kier alpha value is -1.07. The number of benzene rings is 1. The van der Waals surface area contributed by atoms with Crippen molar-refractivity contribution in [2.75, 3.05) is 6.61 Å². The number of imidazole rings is 1. The van der Waals surface area contributed by atoms with E-state index in [0.717, 1.165) is 36.0 Å². The SMILES string of the molecule is O=c1[nH]c2ccc(C(Br)C3CCCO3)cc2[nH]1. The smallest absolute Gasteiger partial charge is 0.323 e. The molecule has 0 saturated carbocycles. The Labute approximate surface area is 107 Å². The molecular formula is C12H13BrN2O2. The van der Waals surface area contributed by atoms with Crippen LogP contribution >= 0.6 is 15.9 Å². The van der Waals surface area contributed by atoms with Crippen LogP contribution in [-0.2, 0) is 4.74 Å². The summed E-state index contributed by atoms with van der Waals surface area (Å²) in [5.41, 5.74) is 2.65. The molecule has 0 aliphatic carbocycles. The average molecular weight is 297 g/mol. The number of nitrogens with one attached hydrogen (secondary N) is 2. The summed E-state index contributed by atoms with van der Waals surface area (Å²) in [6.45, 7) is 0.843. The molecule has 0 spiro atoms. The number of aromatic amines is 2. The van der Waals surface area contributed by atoms with Gasteiger partial charge in [-0.05, 0) is 30.5 Å². The van der Waals surface area contributed by atoms with E-state index >= 15 is 0 Å². The lowest BCUT2D eigenvalue weighted by molar-refractivity contribution is 0.110. The highest BCUT2D eigenvalue weighted by Gasteiger charge is 2.25. The van der Waals surface area contributed by atoms with E-state index < -0.39 is 0 Å². The zero-order chi connectivity index (χ0) is 11.8. The van der Waals surface area contributed by atoms with Gasteiger partial charge in [0, 0.05) is 6.61 Å². The number of fused-ring (bicyclic) bond motifs is 1. The number of halogens is 1. The molecule has 2 unspecified atom stereocenters. The zero-order valence-electron chi connectivity index (χ0n) is 9.20. The van der Waals surface area contributed by atoms with Crippen LogP contribution in [0.2, 0.25) is 0 Å². The Bertz CT molecular complexity index is 583. The van der Waals surface area contributed by atoms with Crippen LogP contribution in [0.1, 0.15) is 23.2 Å². The third-order valence-electron chi connectivity index (χ3n) is 3.15. The van der Waals surface area contributed by atoms with E-state index in [1.165, 1.54) is 0 Å². The molecule has 2 aromatic rings. The van der Waals surface area contributed by atoms with Gasteiger partial charge in [-0.25, -0.2) is 4.79 Å². The molecule has 2 N–H and O–H groups in total. The maximum Gasteiger partial charge on any atom is 0.323 e. The molecule has 1 aromatic heterocycles. The van der Waals surface area contributed by atoms with Crippen LogP contribution in [0, 0.1) is 0 Å². The zero-order valence-corrected chi connectivity index (χ0v) is 10.8. The first-order valence-corrected chi connectivity index (χ1v) is 6.63. The van der Waals surface area contributed by atoms with E-state index in [0.29, 0.717) is 0 Å². The van der Waals surface area contributed by atoms with Gasteiger partial charge in [0.1, 0.15) is 0 Å². The van der Waals surface area contributed by atoms with Crippen molar-refractivity contribution in [3.8, 4) is 0 Å². The van der Waals surface area contributed by atoms with E-state index in [1.807, 2.05) is 18.2 Å². The lowest BCUT2D eigenvalue weighted by atomic mass is 10.1. The molecule has 0 radical (unpaired) electrons. The fourth-order valence-corrected chi connectivity index (χ4v) is 2.97. The van der Waals surface area contributed by atoms with Crippen molar-refractivity contribution in [1.82, 2.24) is 9.97 Å². The molecule has 5 heteroatoms. The van der Waals surface area contributed by atoms with Crippen LogP contribution in [0.4, 0.5) is 0 Å². The maximum atomic E-state index is 11.2. The number of hydrogen-bond acceptors (Lipinski definition) is 2. The third kappa shape index (κ3) is 2.05. The van der Waals surface area contributed by atoms with Crippen molar-refractivity contribution in [2.24, 2.45) is 0 Å². The minimum Gasteiger partial charge on any atom is -0.377 e. The Kier molecular flexibility index (Phi) is 2.80. The second-order valence-corrected chi connectivity index (χ2v) is 5.32. The summed E-state index contributed by atoms with van der Waals surface area (Å²) < 4.78 is 5.66. The van der Waals surface area contributed by atoms with Crippen LogP contribution < -0.4 is 5.69 Å². The van der Waals surface area contributed by atoms with E-state index in [9.17, 15) is 4.79 Å². The topological polar surface area (TPSA) is 57.9 Å². The second-order valence-electron chi connectivity index (χ2n) is 4.34. The molecule has 17 heavy (non-hydrogen) atoms. The Morgan fingerprint density at radius 1 is 1.35 bits per heavy atom. The maximum absolute atomic E-state index is 11.2. The van der Waals surface area contributed by atoms with Gasteiger partial charge < -0.3 is 14.7 Å². The monoisotopic (exact) mass is 296 g/mol. The molecule has 1 aromatic carbocycles. The Balaban J connectivity index is 1.96. The highest BCUT2D eigenvalue weighted by Crippen LogP contribution is 2.34. The summed E-state index contributed by atoms with van der Waals surface area (Å²) in [7, 11) is 0. The summed E-state index contributed by atoms with van der Waals surface area (Å²) in [4.78, 5) is 16.9. The summed E-state index contributed by atoms with van der Waals surface area (Å²) in [5, 5.41) is 0. The Morgan fingerprint density at radius 3 is 2.94 bits per heavy atom. The molecule has 1 saturated heterocycles. The first-order chi connectivity index (χ1) is 8.24. The van der Waals surface area contributed by atoms with Crippen molar-refractivity contribution >= 4 is 27.0 Å². The molecule has 2 atom stereocenters. The van der Waals surface area contributed by atoms with Crippen LogP contribution in [-0.4, -0.2) is 22.7 Å². The van der Waals surface area contributed by atoms with Gasteiger partial charge in [-0.3, -0.25) is 0 Å². The highest BCUT2D eigenvalue weighted by atomic mass is 79.9. The van der Waals surface area contributed by atoms with Crippen LogP contribution in [0.25, 0.3) is 11.0 Å². The van der Waals surface area contributed by atoms with Gasteiger partial charge in [0.2, 0.25) is 0 Å². The average Bonchev–Trinajstić information content (AvgIpc) is 2.94. The quantitative estimate of drug-likeness (QED) is 0.837. The second kappa shape index (κ2) is 4.31.